The average Bonchev–Trinajstić information content (AvgIpc) is 2.48. The van der Waals surface area contributed by atoms with E-state index in [0.717, 1.165) is 0 Å². The highest BCUT2D eigenvalue weighted by Crippen LogP contribution is 2.15. The molecule has 1 heterocycles. The van der Waals surface area contributed by atoms with Crippen LogP contribution in [-0.4, -0.2) is 27.5 Å². The molecule has 0 amide bonds. The van der Waals surface area contributed by atoms with Gasteiger partial charge in [-0.2, -0.15) is 13.9 Å². The SMILES string of the molecule is C/C(=N/Nc1nnc(C)c(=O)[nH]1)c1ccc(OC(F)F)cc1. The number of H-pyrrole nitrogens is 1. The van der Waals surface area contributed by atoms with Gasteiger partial charge in [0, 0.05) is 0 Å². The van der Waals surface area contributed by atoms with E-state index in [1.54, 1.807) is 19.1 Å². The highest BCUT2D eigenvalue weighted by molar-refractivity contribution is 5.99. The maximum absolute atomic E-state index is 12.1. The fraction of sp³-hybridized carbons (Fsp3) is 0.231. The van der Waals surface area contributed by atoms with Gasteiger partial charge in [0.05, 0.1) is 5.71 Å². The van der Waals surface area contributed by atoms with E-state index >= 15 is 0 Å². The zero-order valence-electron chi connectivity index (χ0n) is 11.8. The second kappa shape index (κ2) is 6.74. The first kappa shape index (κ1) is 15.5. The standard InChI is InChI=1S/C13H13F2N5O2/c1-7(9-3-5-10(6-4-9)22-12(14)15)17-19-13-16-11(21)8(2)18-20-13/h3-6,12H,1-2H3,(H2,16,19,20,21)/b17-7-. The lowest BCUT2D eigenvalue weighted by Crippen LogP contribution is -2.16. The van der Waals surface area contributed by atoms with E-state index in [-0.39, 0.29) is 23.0 Å². The van der Waals surface area contributed by atoms with Crippen LogP contribution in [0.5, 0.6) is 5.75 Å². The number of aryl methyl sites for hydroxylation is 1. The first-order chi connectivity index (χ1) is 10.5. The molecule has 7 nitrogen and oxygen atoms in total. The van der Waals surface area contributed by atoms with Crippen molar-refractivity contribution in [3.8, 4) is 5.75 Å². The molecule has 0 radical (unpaired) electrons. The lowest BCUT2D eigenvalue weighted by molar-refractivity contribution is -0.0498. The van der Waals surface area contributed by atoms with Gasteiger partial charge in [0.1, 0.15) is 11.4 Å². The molecule has 1 aromatic heterocycles. The van der Waals surface area contributed by atoms with E-state index in [4.69, 9.17) is 0 Å². The first-order valence-electron chi connectivity index (χ1n) is 6.25. The molecular weight excluding hydrogens is 296 g/mol. The Hall–Kier alpha value is -2.84. The van der Waals surface area contributed by atoms with Gasteiger partial charge in [-0.15, -0.1) is 10.2 Å². The predicted molar refractivity (Wildman–Crippen MR) is 76.3 cm³/mol. The van der Waals surface area contributed by atoms with Crippen molar-refractivity contribution in [2.75, 3.05) is 5.43 Å². The summed E-state index contributed by atoms with van der Waals surface area (Å²) in [5, 5.41) is 11.4. The van der Waals surface area contributed by atoms with Crippen LogP contribution in [0, 0.1) is 6.92 Å². The molecule has 0 spiro atoms. The Kier molecular flexibility index (Phi) is 4.77. The van der Waals surface area contributed by atoms with Crippen molar-refractivity contribution in [3.05, 3.63) is 45.9 Å². The number of hydrogen-bond acceptors (Lipinski definition) is 6. The van der Waals surface area contributed by atoms with Crippen LogP contribution in [0.15, 0.2) is 34.2 Å². The lowest BCUT2D eigenvalue weighted by atomic mass is 10.1. The van der Waals surface area contributed by atoms with Crippen molar-refractivity contribution in [1.82, 2.24) is 15.2 Å². The van der Waals surface area contributed by atoms with Crippen LogP contribution in [0.3, 0.4) is 0 Å². The average molecular weight is 309 g/mol. The molecular formula is C13H13F2N5O2. The normalized spacial score (nSPS) is 11.6. The van der Waals surface area contributed by atoms with Gasteiger partial charge in [0.2, 0.25) is 5.95 Å². The Bertz CT molecular complexity index is 728. The van der Waals surface area contributed by atoms with Gasteiger partial charge in [0.15, 0.2) is 0 Å². The number of rotatable bonds is 5. The summed E-state index contributed by atoms with van der Waals surface area (Å²) in [7, 11) is 0. The highest BCUT2D eigenvalue weighted by atomic mass is 19.3. The fourth-order valence-electron chi connectivity index (χ4n) is 1.52. The lowest BCUT2D eigenvalue weighted by Gasteiger charge is -2.06. The summed E-state index contributed by atoms with van der Waals surface area (Å²) >= 11 is 0. The number of hydrogen-bond donors (Lipinski definition) is 2. The van der Waals surface area contributed by atoms with Gasteiger partial charge in [0.25, 0.3) is 5.56 Å². The summed E-state index contributed by atoms with van der Waals surface area (Å²) in [6.45, 7) is 0.377. The predicted octanol–water partition coefficient (Wildman–Crippen LogP) is 1.91. The highest BCUT2D eigenvalue weighted by Gasteiger charge is 2.05. The number of hydrazone groups is 1. The summed E-state index contributed by atoms with van der Waals surface area (Å²) in [6.07, 6.45) is 0. The molecule has 116 valence electrons. The van der Waals surface area contributed by atoms with Crippen molar-refractivity contribution in [2.45, 2.75) is 20.5 Å². The minimum Gasteiger partial charge on any atom is -0.435 e. The number of halogens is 2. The van der Waals surface area contributed by atoms with Crippen molar-refractivity contribution in [3.63, 3.8) is 0 Å². The number of benzene rings is 1. The Balaban J connectivity index is 2.08. The van der Waals surface area contributed by atoms with Crippen LogP contribution >= 0.6 is 0 Å². The van der Waals surface area contributed by atoms with Crippen LogP contribution in [-0.2, 0) is 0 Å². The fourth-order valence-corrected chi connectivity index (χ4v) is 1.52. The van der Waals surface area contributed by atoms with E-state index < -0.39 is 6.61 Å². The molecule has 0 atom stereocenters. The van der Waals surface area contributed by atoms with Gasteiger partial charge in [-0.05, 0) is 43.7 Å². The zero-order chi connectivity index (χ0) is 16.1. The van der Waals surface area contributed by atoms with Crippen molar-refractivity contribution in [2.24, 2.45) is 5.10 Å². The second-order valence-electron chi connectivity index (χ2n) is 4.30. The van der Waals surface area contributed by atoms with Crippen molar-refractivity contribution in [1.29, 1.82) is 0 Å². The molecule has 9 heteroatoms. The van der Waals surface area contributed by atoms with Gasteiger partial charge < -0.3 is 4.74 Å². The molecule has 0 unspecified atom stereocenters. The molecule has 2 N–H and O–H groups in total. The van der Waals surface area contributed by atoms with Gasteiger partial charge in [-0.25, -0.2) is 5.43 Å². The Morgan fingerprint density at radius 3 is 2.59 bits per heavy atom. The third kappa shape index (κ3) is 4.08. The number of nitrogens with one attached hydrogen (secondary N) is 2. The zero-order valence-corrected chi connectivity index (χ0v) is 11.8. The summed E-state index contributed by atoms with van der Waals surface area (Å²) in [4.78, 5) is 13.8. The maximum atomic E-state index is 12.1. The minimum atomic E-state index is -2.86. The molecule has 22 heavy (non-hydrogen) atoms. The molecule has 0 fully saturated rings. The summed E-state index contributed by atoms with van der Waals surface area (Å²) < 4.78 is 28.4. The largest absolute Gasteiger partial charge is 0.435 e. The Morgan fingerprint density at radius 1 is 1.32 bits per heavy atom. The van der Waals surface area contributed by atoms with Gasteiger partial charge in [-0.1, -0.05) is 0 Å². The van der Waals surface area contributed by atoms with Gasteiger partial charge >= 0.3 is 6.61 Å². The molecule has 0 bridgehead atoms. The smallest absolute Gasteiger partial charge is 0.387 e. The third-order valence-electron chi connectivity index (χ3n) is 2.69. The first-order valence-corrected chi connectivity index (χ1v) is 6.25. The van der Waals surface area contributed by atoms with Crippen molar-refractivity contribution >= 4 is 11.7 Å². The monoisotopic (exact) mass is 309 g/mol. The van der Waals surface area contributed by atoms with E-state index in [1.807, 2.05) is 0 Å². The number of aromatic amines is 1. The maximum Gasteiger partial charge on any atom is 0.387 e. The van der Waals surface area contributed by atoms with Crippen LogP contribution in [0.2, 0.25) is 0 Å². The topological polar surface area (TPSA) is 92.3 Å². The van der Waals surface area contributed by atoms with Crippen LogP contribution < -0.4 is 15.7 Å². The van der Waals surface area contributed by atoms with Crippen LogP contribution in [0.1, 0.15) is 18.2 Å². The molecule has 0 aliphatic rings. The van der Waals surface area contributed by atoms with E-state index in [0.29, 0.717) is 11.3 Å². The third-order valence-corrected chi connectivity index (χ3v) is 2.69. The molecule has 0 aliphatic heterocycles. The molecule has 1 aromatic carbocycles. The number of aromatic nitrogens is 3. The molecule has 0 saturated heterocycles. The molecule has 0 saturated carbocycles. The van der Waals surface area contributed by atoms with Crippen molar-refractivity contribution < 1.29 is 13.5 Å². The second-order valence-corrected chi connectivity index (χ2v) is 4.30. The van der Waals surface area contributed by atoms with Crippen LogP contribution in [0.4, 0.5) is 14.7 Å². The number of anilines is 1. The van der Waals surface area contributed by atoms with E-state index in [1.165, 1.54) is 19.1 Å². The summed E-state index contributed by atoms with van der Waals surface area (Å²) in [5.74, 6) is 0.167. The number of nitrogens with zero attached hydrogens (tertiary/aromatic N) is 3. The summed E-state index contributed by atoms with van der Waals surface area (Å²) in [5.41, 5.74) is 3.71. The molecule has 2 aromatic rings. The summed E-state index contributed by atoms with van der Waals surface area (Å²) in [6, 6.07) is 5.99. The quantitative estimate of drug-likeness (QED) is 0.650. The number of alkyl halides is 2. The molecule has 2 rings (SSSR count). The van der Waals surface area contributed by atoms with E-state index in [2.05, 4.69) is 30.4 Å². The Labute approximate surface area is 124 Å². The Morgan fingerprint density at radius 2 is 2.00 bits per heavy atom. The number of ether oxygens (including phenoxy) is 1. The van der Waals surface area contributed by atoms with Crippen LogP contribution in [0.25, 0.3) is 0 Å². The van der Waals surface area contributed by atoms with Gasteiger partial charge in [-0.3, -0.25) is 9.78 Å². The molecule has 0 aliphatic carbocycles. The van der Waals surface area contributed by atoms with E-state index in [9.17, 15) is 13.6 Å². The minimum absolute atomic E-state index is 0.0632.